The summed E-state index contributed by atoms with van der Waals surface area (Å²) in [4.78, 5) is 22.3. The maximum atomic E-state index is 12.6. The van der Waals surface area contributed by atoms with Crippen LogP contribution in [0.15, 0.2) is 48.5 Å². The fraction of sp³-hybridized carbons (Fsp3) is 0.118. The van der Waals surface area contributed by atoms with Crippen LogP contribution in [-0.2, 0) is 6.18 Å². The van der Waals surface area contributed by atoms with E-state index in [4.69, 9.17) is 0 Å². The Hall–Kier alpha value is -2.96. The number of halogens is 3. The Labute approximate surface area is 135 Å². The van der Waals surface area contributed by atoms with Gasteiger partial charge in [0.15, 0.2) is 5.78 Å². The van der Waals surface area contributed by atoms with Gasteiger partial charge in [0.1, 0.15) is 0 Å². The molecule has 0 aromatic heterocycles. The lowest BCUT2D eigenvalue weighted by molar-refractivity contribution is -0.385. The van der Waals surface area contributed by atoms with Crippen LogP contribution in [0.1, 0.15) is 27.0 Å². The molecule has 0 heterocycles. The Morgan fingerprint density at radius 2 is 1.88 bits per heavy atom. The number of hydrogen-bond acceptors (Lipinski definition) is 3. The number of ketones is 1. The normalized spacial score (nSPS) is 11.7. The molecule has 0 amide bonds. The van der Waals surface area contributed by atoms with E-state index in [1.54, 1.807) is 6.92 Å². The summed E-state index contributed by atoms with van der Waals surface area (Å²) in [6, 6.07) is 8.54. The van der Waals surface area contributed by atoms with Crippen LogP contribution in [0.3, 0.4) is 0 Å². The molecule has 0 bridgehead atoms. The summed E-state index contributed by atoms with van der Waals surface area (Å²) < 4.78 is 37.9. The molecule has 0 aliphatic heterocycles. The minimum absolute atomic E-state index is 0.0931. The van der Waals surface area contributed by atoms with Gasteiger partial charge >= 0.3 is 6.18 Å². The molecule has 0 saturated heterocycles. The van der Waals surface area contributed by atoms with Gasteiger partial charge in [-0.1, -0.05) is 30.3 Å². The van der Waals surface area contributed by atoms with E-state index < -0.39 is 22.4 Å². The lowest BCUT2D eigenvalue weighted by atomic mass is 10.0. The summed E-state index contributed by atoms with van der Waals surface area (Å²) >= 11 is 0. The van der Waals surface area contributed by atoms with Crippen molar-refractivity contribution in [2.75, 3.05) is 0 Å². The third-order valence-corrected chi connectivity index (χ3v) is 3.33. The van der Waals surface area contributed by atoms with Gasteiger partial charge in [-0.2, -0.15) is 13.2 Å². The Kier molecular flexibility index (Phi) is 4.82. The molecular weight excluding hydrogens is 323 g/mol. The molecule has 0 saturated carbocycles. The maximum Gasteiger partial charge on any atom is 0.416 e. The van der Waals surface area contributed by atoms with Gasteiger partial charge in [-0.05, 0) is 30.7 Å². The third kappa shape index (κ3) is 4.07. The minimum atomic E-state index is -4.47. The fourth-order valence-electron chi connectivity index (χ4n) is 2.05. The molecule has 0 N–H and O–H groups in total. The Balaban J connectivity index is 2.25. The number of benzene rings is 2. The minimum Gasteiger partial charge on any atom is -0.289 e. The molecule has 0 unspecified atom stereocenters. The molecule has 2 aromatic rings. The highest BCUT2D eigenvalue weighted by molar-refractivity contribution is 6.07. The number of nitro groups is 1. The molecule has 0 radical (unpaired) electrons. The van der Waals surface area contributed by atoms with Crippen LogP contribution in [0.25, 0.3) is 6.08 Å². The first-order chi connectivity index (χ1) is 11.2. The molecular formula is C17H12F3NO3. The first kappa shape index (κ1) is 17.4. The van der Waals surface area contributed by atoms with Crippen LogP contribution in [-0.4, -0.2) is 10.7 Å². The van der Waals surface area contributed by atoms with Crippen LogP contribution in [0, 0.1) is 17.0 Å². The van der Waals surface area contributed by atoms with Gasteiger partial charge in [-0.25, -0.2) is 0 Å². The second-order valence-electron chi connectivity index (χ2n) is 5.08. The maximum absolute atomic E-state index is 12.6. The monoisotopic (exact) mass is 335 g/mol. The number of allylic oxidation sites excluding steroid dienone is 1. The van der Waals surface area contributed by atoms with Crippen LogP contribution >= 0.6 is 0 Å². The standard InChI is InChI=1S/C17H12F3NO3/c1-11-5-7-13(10-15(11)21(23)24)16(22)8-6-12-3-2-4-14(9-12)17(18,19)20/h2-10H,1H3. The zero-order chi connectivity index (χ0) is 17.9. The van der Waals surface area contributed by atoms with Gasteiger partial charge in [0.05, 0.1) is 10.5 Å². The van der Waals surface area contributed by atoms with Crippen molar-refractivity contribution in [1.29, 1.82) is 0 Å². The second-order valence-corrected chi connectivity index (χ2v) is 5.08. The van der Waals surface area contributed by atoms with Crippen molar-refractivity contribution < 1.29 is 22.9 Å². The van der Waals surface area contributed by atoms with Crippen LogP contribution < -0.4 is 0 Å². The molecule has 0 fully saturated rings. The van der Waals surface area contributed by atoms with E-state index in [1.807, 2.05) is 0 Å². The van der Waals surface area contributed by atoms with Crippen molar-refractivity contribution >= 4 is 17.5 Å². The van der Waals surface area contributed by atoms with Gasteiger partial charge in [0, 0.05) is 17.2 Å². The molecule has 24 heavy (non-hydrogen) atoms. The van der Waals surface area contributed by atoms with E-state index >= 15 is 0 Å². The van der Waals surface area contributed by atoms with Crippen molar-refractivity contribution in [3.05, 3.63) is 80.9 Å². The van der Waals surface area contributed by atoms with Crippen molar-refractivity contribution in [3.63, 3.8) is 0 Å². The van der Waals surface area contributed by atoms with Crippen molar-refractivity contribution in [1.82, 2.24) is 0 Å². The topological polar surface area (TPSA) is 60.2 Å². The van der Waals surface area contributed by atoms with Crippen molar-refractivity contribution in [2.24, 2.45) is 0 Å². The predicted octanol–water partition coefficient (Wildman–Crippen LogP) is 4.82. The smallest absolute Gasteiger partial charge is 0.289 e. The van der Waals surface area contributed by atoms with Crippen molar-refractivity contribution in [2.45, 2.75) is 13.1 Å². The quantitative estimate of drug-likeness (QED) is 0.348. The Morgan fingerprint density at radius 3 is 2.50 bits per heavy atom. The highest BCUT2D eigenvalue weighted by Gasteiger charge is 2.30. The van der Waals surface area contributed by atoms with E-state index in [9.17, 15) is 28.1 Å². The molecule has 124 valence electrons. The summed E-state index contributed by atoms with van der Waals surface area (Å²) in [6.45, 7) is 1.55. The summed E-state index contributed by atoms with van der Waals surface area (Å²) in [5.74, 6) is -0.532. The summed E-state index contributed by atoms with van der Waals surface area (Å²) in [6.07, 6.45) is -2.14. The third-order valence-electron chi connectivity index (χ3n) is 3.33. The molecule has 2 aromatic carbocycles. The number of alkyl halides is 3. The number of carbonyl (C=O) groups is 1. The van der Waals surface area contributed by atoms with E-state index in [-0.39, 0.29) is 16.8 Å². The summed E-state index contributed by atoms with van der Waals surface area (Å²) in [7, 11) is 0. The molecule has 0 atom stereocenters. The fourth-order valence-corrected chi connectivity index (χ4v) is 2.05. The Bertz CT molecular complexity index is 826. The highest BCUT2D eigenvalue weighted by atomic mass is 19.4. The summed E-state index contributed by atoms with van der Waals surface area (Å²) in [5.41, 5.74) is -0.287. The van der Waals surface area contributed by atoms with Crippen LogP contribution in [0.2, 0.25) is 0 Å². The van der Waals surface area contributed by atoms with E-state index in [1.165, 1.54) is 30.3 Å². The van der Waals surface area contributed by atoms with E-state index in [0.29, 0.717) is 5.56 Å². The molecule has 7 heteroatoms. The molecule has 0 aliphatic rings. The lowest BCUT2D eigenvalue weighted by Crippen LogP contribution is -2.04. The first-order valence-electron chi connectivity index (χ1n) is 6.83. The molecule has 4 nitrogen and oxygen atoms in total. The average molecular weight is 335 g/mol. The summed E-state index contributed by atoms with van der Waals surface area (Å²) in [5, 5.41) is 10.9. The molecule has 0 aliphatic carbocycles. The first-order valence-corrected chi connectivity index (χ1v) is 6.83. The zero-order valence-electron chi connectivity index (χ0n) is 12.5. The zero-order valence-corrected chi connectivity index (χ0v) is 12.5. The van der Waals surface area contributed by atoms with E-state index in [0.717, 1.165) is 24.3 Å². The number of rotatable bonds is 4. The Morgan fingerprint density at radius 1 is 1.17 bits per heavy atom. The van der Waals surface area contributed by atoms with E-state index in [2.05, 4.69) is 0 Å². The van der Waals surface area contributed by atoms with Gasteiger partial charge in [-0.3, -0.25) is 14.9 Å². The highest BCUT2D eigenvalue weighted by Crippen LogP contribution is 2.29. The van der Waals surface area contributed by atoms with Crippen LogP contribution in [0.5, 0.6) is 0 Å². The predicted molar refractivity (Wildman–Crippen MR) is 82.6 cm³/mol. The number of nitrogens with zero attached hydrogens (tertiary/aromatic N) is 1. The van der Waals surface area contributed by atoms with Crippen molar-refractivity contribution in [3.8, 4) is 0 Å². The van der Waals surface area contributed by atoms with Crippen LogP contribution in [0.4, 0.5) is 18.9 Å². The SMILES string of the molecule is Cc1ccc(C(=O)C=Cc2cccc(C(F)(F)F)c2)cc1[N+](=O)[O-]. The number of carbonyl (C=O) groups excluding carboxylic acids is 1. The average Bonchev–Trinajstić information content (AvgIpc) is 2.52. The molecule has 0 spiro atoms. The van der Waals surface area contributed by atoms with Gasteiger partial charge in [0.2, 0.25) is 0 Å². The number of aryl methyl sites for hydroxylation is 1. The molecule has 2 rings (SSSR count). The largest absolute Gasteiger partial charge is 0.416 e. The lowest BCUT2D eigenvalue weighted by Gasteiger charge is -2.06. The van der Waals surface area contributed by atoms with Gasteiger partial charge < -0.3 is 0 Å². The number of nitro benzene ring substituents is 1. The van der Waals surface area contributed by atoms with Gasteiger partial charge in [-0.15, -0.1) is 0 Å². The number of hydrogen-bond donors (Lipinski definition) is 0. The second kappa shape index (κ2) is 6.66. The van der Waals surface area contributed by atoms with Gasteiger partial charge in [0.25, 0.3) is 5.69 Å².